The summed E-state index contributed by atoms with van der Waals surface area (Å²) >= 11 is 0. The van der Waals surface area contributed by atoms with E-state index in [1.165, 1.54) is 6.92 Å². The first-order chi connectivity index (χ1) is 9.10. The number of likely N-dealkylation sites (tertiary alicyclic amines) is 1. The maximum atomic E-state index is 12.1. The Balaban J connectivity index is 2.68. The van der Waals surface area contributed by atoms with Crippen LogP contribution in [0.3, 0.4) is 0 Å². The van der Waals surface area contributed by atoms with Gasteiger partial charge in [0.2, 0.25) is 0 Å². The van der Waals surface area contributed by atoms with Crippen LogP contribution >= 0.6 is 0 Å². The third-order valence-electron chi connectivity index (χ3n) is 3.45. The molecule has 0 spiro atoms. The molecule has 0 aromatic rings. The van der Waals surface area contributed by atoms with Crippen LogP contribution in [0.1, 0.15) is 47.5 Å². The Morgan fingerprint density at radius 1 is 1.25 bits per heavy atom. The van der Waals surface area contributed by atoms with Gasteiger partial charge in [0.15, 0.2) is 0 Å². The highest BCUT2D eigenvalue weighted by Gasteiger charge is 2.35. The number of ketones is 2. The maximum absolute atomic E-state index is 12.1. The molecule has 0 aliphatic carbocycles. The van der Waals surface area contributed by atoms with Gasteiger partial charge in [-0.2, -0.15) is 0 Å². The first-order valence-electron chi connectivity index (χ1n) is 7.10. The van der Waals surface area contributed by atoms with Crippen molar-refractivity contribution in [3.63, 3.8) is 0 Å². The highest BCUT2D eigenvalue weighted by Crippen LogP contribution is 2.26. The number of carbonyl (C=O) groups excluding carboxylic acids is 3. The van der Waals surface area contributed by atoms with E-state index in [1.54, 1.807) is 4.90 Å². The van der Waals surface area contributed by atoms with Gasteiger partial charge in [0, 0.05) is 19.0 Å². The molecule has 0 N–H and O–H groups in total. The quantitative estimate of drug-likeness (QED) is 0.746. The summed E-state index contributed by atoms with van der Waals surface area (Å²) in [5.41, 5.74) is -0.543. The standard InChI is InChI=1S/C15H25NO4/c1-10-6-7-16(14(19)20-15(3,4)5)9-12(10)13(18)8-11(2)17/h10,12H,6-9H2,1-5H3/t10-,12+/m0/s1. The minimum absolute atomic E-state index is 0.0445. The lowest BCUT2D eigenvalue weighted by atomic mass is 9.82. The Hall–Kier alpha value is -1.39. The molecule has 1 aliphatic heterocycles. The molecule has 0 saturated carbocycles. The highest BCUT2D eigenvalue weighted by atomic mass is 16.6. The fourth-order valence-electron chi connectivity index (χ4n) is 2.36. The molecule has 1 fully saturated rings. The van der Waals surface area contributed by atoms with Crippen LogP contribution in [0, 0.1) is 11.8 Å². The molecular weight excluding hydrogens is 258 g/mol. The van der Waals surface area contributed by atoms with Crippen LogP contribution in [0.15, 0.2) is 0 Å². The van der Waals surface area contributed by atoms with Crippen molar-refractivity contribution in [2.45, 2.75) is 53.1 Å². The van der Waals surface area contributed by atoms with E-state index >= 15 is 0 Å². The molecule has 0 radical (unpaired) electrons. The van der Waals surface area contributed by atoms with E-state index in [2.05, 4.69) is 0 Å². The third-order valence-corrected chi connectivity index (χ3v) is 3.45. The summed E-state index contributed by atoms with van der Waals surface area (Å²) < 4.78 is 5.33. The van der Waals surface area contributed by atoms with Crippen molar-refractivity contribution in [1.82, 2.24) is 4.90 Å². The van der Waals surface area contributed by atoms with Gasteiger partial charge < -0.3 is 9.64 Å². The molecule has 0 aromatic carbocycles. The monoisotopic (exact) mass is 283 g/mol. The van der Waals surface area contributed by atoms with E-state index in [4.69, 9.17) is 4.74 Å². The largest absolute Gasteiger partial charge is 0.444 e. The Morgan fingerprint density at radius 3 is 2.35 bits per heavy atom. The predicted molar refractivity (Wildman–Crippen MR) is 75.4 cm³/mol. The summed E-state index contributed by atoms with van der Waals surface area (Å²) in [5, 5.41) is 0. The zero-order valence-corrected chi connectivity index (χ0v) is 13.1. The molecule has 1 rings (SSSR count). The van der Waals surface area contributed by atoms with E-state index in [0.717, 1.165) is 6.42 Å². The average molecular weight is 283 g/mol. The number of hydrogen-bond donors (Lipinski definition) is 0. The van der Waals surface area contributed by atoms with Crippen molar-refractivity contribution in [2.24, 2.45) is 11.8 Å². The molecule has 0 bridgehead atoms. The Kier molecular flexibility index (Phi) is 5.31. The average Bonchev–Trinajstić information content (AvgIpc) is 2.25. The molecule has 2 atom stereocenters. The molecule has 114 valence electrons. The van der Waals surface area contributed by atoms with E-state index in [9.17, 15) is 14.4 Å². The summed E-state index contributed by atoms with van der Waals surface area (Å²) in [5.74, 6) is -0.268. The van der Waals surface area contributed by atoms with Crippen molar-refractivity contribution >= 4 is 17.7 Å². The molecule has 1 saturated heterocycles. The second-order valence-corrected chi connectivity index (χ2v) is 6.64. The number of carbonyl (C=O) groups is 3. The fourth-order valence-corrected chi connectivity index (χ4v) is 2.36. The highest BCUT2D eigenvalue weighted by molar-refractivity contribution is 5.99. The van der Waals surface area contributed by atoms with Gasteiger partial charge in [-0.05, 0) is 40.0 Å². The van der Waals surface area contributed by atoms with Gasteiger partial charge in [-0.15, -0.1) is 0 Å². The zero-order chi connectivity index (χ0) is 15.5. The Morgan fingerprint density at radius 2 is 1.85 bits per heavy atom. The van der Waals surface area contributed by atoms with Crippen LogP contribution in [0.25, 0.3) is 0 Å². The van der Waals surface area contributed by atoms with E-state index in [1.807, 2.05) is 27.7 Å². The van der Waals surface area contributed by atoms with Crippen LogP contribution in [-0.2, 0) is 14.3 Å². The topological polar surface area (TPSA) is 63.7 Å². The number of ether oxygens (including phenoxy) is 1. The lowest BCUT2D eigenvalue weighted by Gasteiger charge is -2.36. The summed E-state index contributed by atoms with van der Waals surface area (Å²) in [7, 11) is 0. The molecule has 1 amide bonds. The van der Waals surface area contributed by atoms with Gasteiger partial charge in [0.25, 0.3) is 0 Å². The summed E-state index contributed by atoms with van der Waals surface area (Å²) in [6.07, 6.45) is 0.329. The fraction of sp³-hybridized carbons (Fsp3) is 0.800. The molecule has 1 heterocycles. The lowest BCUT2D eigenvalue weighted by Crippen LogP contribution is -2.47. The minimum Gasteiger partial charge on any atom is -0.444 e. The van der Waals surface area contributed by atoms with Crippen LogP contribution in [0.5, 0.6) is 0 Å². The van der Waals surface area contributed by atoms with Crippen molar-refractivity contribution in [3.05, 3.63) is 0 Å². The van der Waals surface area contributed by atoms with E-state index in [0.29, 0.717) is 13.1 Å². The van der Waals surface area contributed by atoms with Crippen LogP contribution in [-0.4, -0.2) is 41.3 Å². The van der Waals surface area contributed by atoms with Gasteiger partial charge in [0.1, 0.15) is 17.2 Å². The maximum Gasteiger partial charge on any atom is 0.410 e. The second-order valence-electron chi connectivity index (χ2n) is 6.64. The van der Waals surface area contributed by atoms with Gasteiger partial charge in [-0.3, -0.25) is 9.59 Å². The van der Waals surface area contributed by atoms with Gasteiger partial charge in [-0.1, -0.05) is 6.92 Å². The van der Waals surface area contributed by atoms with Crippen LogP contribution in [0.4, 0.5) is 4.79 Å². The van der Waals surface area contributed by atoms with Gasteiger partial charge >= 0.3 is 6.09 Å². The predicted octanol–water partition coefficient (Wildman–Crippen LogP) is 2.43. The van der Waals surface area contributed by atoms with Crippen molar-refractivity contribution in [1.29, 1.82) is 0 Å². The van der Waals surface area contributed by atoms with Crippen LogP contribution < -0.4 is 0 Å². The molecule has 5 heteroatoms. The van der Waals surface area contributed by atoms with Crippen molar-refractivity contribution in [2.75, 3.05) is 13.1 Å². The van der Waals surface area contributed by atoms with Gasteiger partial charge in [-0.25, -0.2) is 4.79 Å². The molecule has 0 aromatic heterocycles. The summed E-state index contributed by atoms with van der Waals surface area (Å²) in [6, 6.07) is 0. The molecule has 1 aliphatic rings. The second kappa shape index (κ2) is 6.37. The van der Waals surface area contributed by atoms with E-state index in [-0.39, 0.29) is 35.9 Å². The molecule has 0 unspecified atom stereocenters. The number of Topliss-reactive ketones (excluding diaryl/α,β-unsaturated/α-hetero) is 2. The Bertz CT molecular complexity index is 397. The number of nitrogens with zero attached hydrogens (tertiary/aromatic N) is 1. The van der Waals surface area contributed by atoms with Gasteiger partial charge in [0.05, 0.1) is 6.42 Å². The minimum atomic E-state index is -0.543. The lowest BCUT2D eigenvalue weighted by molar-refractivity contribution is -0.130. The smallest absolute Gasteiger partial charge is 0.410 e. The molecule has 5 nitrogen and oxygen atoms in total. The normalized spacial score (nSPS) is 23.4. The van der Waals surface area contributed by atoms with Crippen molar-refractivity contribution < 1.29 is 19.1 Å². The molecular formula is C15H25NO4. The van der Waals surface area contributed by atoms with Crippen molar-refractivity contribution in [3.8, 4) is 0 Å². The first kappa shape index (κ1) is 16.7. The SMILES string of the molecule is CC(=O)CC(=O)[C@@H]1CN(C(=O)OC(C)(C)C)CC[C@@H]1C. The number of hydrogen-bond acceptors (Lipinski definition) is 4. The Labute approximate surface area is 120 Å². The number of piperidine rings is 1. The first-order valence-corrected chi connectivity index (χ1v) is 7.10. The number of amides is 1. The zero-order valence-electron chi connectivity index (χ0n) is 13.1. The van der Waals surface area contributed by atoms with Crippen LogP contribution in [0.2, 0.25) is 0 Å². The number of rotatable bonds is 3. The summed E-state index contributed by atoms with van der Waals surface area (Å²) in [6.45, 7) is 9.80. The molecule has 20 heavy (non-hydrogen) atoms. The summed E-state index contributed by atoms with van der Waals surface area (Å²) in [4.78, 5) is 36.8. The third kappa shape index (κ3) is 4.94. The van der Waals surface area contributed by atoms with E-state index < -0.39 is 5.60 Å².